The van der Waals surface area contributed by atoms with E-state index in [4.69, 9.17) is 4.74 Å². The number of anilines is 1. The Morgan fingerprint density at radius 1 is 1.06 bits per heavy atom. The van der Waals surface area contributed by atoms with E-state index in [1.165, 1.54) is 16.4 Å². The van der Waals surface area contributed by atoms with E-state index in [1.807, 2.05) is 80.9 Å². The van der Waals surface area contributed by atoms with Crippen molar-refractivity contribution in [3.63, 3.8) is 0 Å². The maximum atomic E-state index is 13.0. The molecule has 0 saturated carbocycles. The van der Waals surface area contributed by atoms with Gasteiger partial charge in [-0.15, -0.1) is 10.2 Å². The second kappa shape index (κ2) is 10.4. The summed E-state index contributed by atoms with van der Waals surface area (Å²) in [4.78, 5) is 25.8. The molecule has 0 fully saturated rings. The SMILES string of the molecule is Cc1cccc(OC(C)c2nnc(SCC(=O)Nc3c(C)n(C)n(-c4ccccc4)c3=O)n2C)c1C. The molecular formula is C26H30N6O3S. The van der Waals surface area contributed by atoms with Crippen molar-refractivity contribution in [3.05, 3.63) is 81.5 Å². The van der Waals surface area contributed by atoms with Gasteiger partial charge in [-0.05, 0) is 57.0 Å². The number of aromatic nitrogens is 5. The lowest BCUT2D eigenvalue weighted by molar-refractivity contribution is -0.113. The lowest BCUT2D eigenvalue weighted by Crippen LogP contribution is -2.23. The monoisotopic (exact) mass is 506 g/mol. The maximum absolute atomic E-state index is 13.0. The summed E-state index contributed by atoms with van der Waals surface area (Å²) in [6, 6.07) is 15.3. The molecule has 0 saturated heterocycles. The van der Waals surface area contributed by atoms with Gasteiger partial charge in [0.05, 0.1) is 17.1 Å². The summed E-state index contributed by atoms with van der Waals surface area (Å²) >= 11 is 1.25. The molecule has 1 N–H and O–H groups in total. The number of rotatable bonds is 8. The Morgan fingerprint density at radius 3 is 2.50 bits per heavy atom. The van der Waals surface area contributed by atoms with Crippen LogP contribution >= 0.6 is 11.8 Å². The first-order valence-corrected chi connectivity index (χ1v) is 12.6. The highest BCUT2D eigenvalue weighted by Gasteiger charge is 2.21. The van der Waals surface area contributed by atoms with E-state index in [9.17, 15) is 9.59 Å². The summed E-state index contributed by atoms with van der Waals surface area (Å²) in [5.74, 6) is 1.24. The molecule has 0 radical (unpaired) electrons. The minimum Gasteiger partial charge on any atom is -0.482 e. The summed E-state index contributed by atoms with van der Waals surface area (Å²) in [7, 11) is 3.63. The fraction of sp³-hybridized carbons (Fsp3) is 0.308. The van der Waals surface area contributed by atoms with Crippen LogP contribution in [0.3, 0.4) is 0 Å². The molecular weight excluding hydrogens is 476 g/mol. The highest BCUT2D eigenvalue weighted by Crippen LogP contribution is 2.27. The number of nitrogens with one attached hydrogen (secondary N) is 1. The topological polar surface area (TPSA) is 96.0 Å². The molecule has 2 heterocycles. The number of carbonyl (C=O) groups excluding carboxylic acids is 1. The van der Waals surface area contributed by atoms with Crippen molar-refractivity contribution in [3.8, 4) is 11.4 Å². The van der Waals surface area contributed by atoms with Crippen molar-refractivity contribution in [2.75, 3.05) is 11.1 Å². The number of amides is 1. The quantitative estimate of drug-likeness (QED) is 0.362. The van der Waals surface area contributed by atoms with Gasteiger partial charge in [-0.2, -0.15) is 0 Å². The summed E-state index contributed by atoms with van der Waals surface area (Å²) < 4.78 is 11.2. The van der Waals surface area contributed by atoms with Gasteiger partial charge < -0.3 is 14.6 Å². The first-order valence-electron chi connectivity index (χ1n) is 11.6. The Bertz CT molecular complexity index is 1450. The van der Waals surface area contributed by atoms with Crippen molar-refractivity contribution >= 4 is 23.4 Å². The van der Waals surface area contributed by atoms with Crippen LogP contribution in [0, 0.1) is 20.8 Å². The van der Waals surface area contributed by atoms with Gasteiger partial charge in [-0.1, -0.05) is 42.1 Å². The second-order valence-electron chi connectivity index (χ2n) is 8.63. The number of nitrogens with zero attached hydrogens (tertiary/aromatic N) is 5. The number of aryl methyl sites for hydroxylation is 1. The van der Waals surface area contributed by atoms with E-state index in [0.717, 1.165) is 22.6 Å². The highest BCUT2D eigenvalue weighted by molar-refractivity contribution is 7.99. The lowest BCUT2D eigenvalue weighted by atomic mass is 10.1. The number of hydrogen-bond acceptors (Lipinski definition) is 6. The van der Waals surface area contributed by atoms with Crippen LogP contribution < -0.4 is 15.6 Å². The van der Waals surface area contributed by atoms with Gasteiger partial charge >= 0.3 is 0 Å². The van der Waals surface area contributed by atoms with Crippen LogP contribution in [0.4, 0.5) is 5.69 Å². The summed E-state index contributed by atoms with van der Waals surface area (Å²) in [5, 5.41) is 11.9. The predicted octanol–water partition coefficient (Wildman–Crippen LogP) is 4.10. The number of para-hydroxylation sites is 1. The molecule has 4 aromatic rings. The molecule has 0 aliphatic heterocycles. The third kappa shape index (κ3) is 4.94. The molecule has 188 valence electrons. The Morgan fingerprint density at radius 2 is 1.78 bits per heavy atom. The standard InChI is InChI=1S/C26H30N6O3S/c1-16-11-10-14-21(17(16)2)35-19(4)24-28-29-26(30(24)5)36-15-22(33)27-23-18(3)31(6)32(25(23)34)20-12-8-7-9-13-20/h7-14,19H,15H2,1-6H3,(H,27,33). The fourth-order valence-electron chi connectivity index (χ4n) is 3.92. The largest absolute Gasteiger partial charge is 0.482 e. The number of thioether (sulfide) groups is 1. The molecule has 1 unspecified atom stereocenters. The van der Waals surface area contributed by atoms with Crippen LogP contribution in [-0.2, 0) is 18.9 Å². The lowest BCUT2D eigenvalue weighted by Gasteiger charge is -2.16. The van der Waals surface area contributed by atoms with E-state index < -0.39 is 0 Å². The van der Waals surface area contributed by atoms with Crippen LogP contribution in [0.25, 0.3) is 5.69 Å². The normalized spacial score (nSPS) is 11.9. The average molecular weight is 507 g/mol. The fourth-order valence-corrected chi connectivity index (χ4v) is 4.64. The first-order chi connectivity index (χ1) is 17.2. The third-order valence-corrected chi connectivity index (χ3v) is 7.26. The molecule has 0 spiro atoms. The summed E-state index contributed by atoms with van der Waals surface area (Å²) in [6.07, 6.45) is -0.324. The van der Waals surface area contributed by atoms with E-state index in [1.54, 1.807) is 18.7 Å². The van der Waals surface area contributed by atoms with Crippen LogP contribution in [0.15, 0.2) is 58.5 Å². The highest BCUT2D eigenvalue weighted by atomic mass is 32.2. The number of hydrogen-bond donors (Lipinski definition) is 1. The second-order valence-corrected chi connectivity index (χ2v) is 9.57. The number of carbonyl (C=O) groups is 1. The van der Waals surface area contributed by atoms with Crippen LogP contribution in [0.2, 0.25) is 0 Å². The van der Waals surface area contributed by atoms with E-state index in [-0.39, 0.29) is 29.0 Å². The number of benzene rings is 2. The smallest absolute Gasteiger partial charge is 0.295 e. The molecule has 36 heavy (non-hydrogen) atoms. The van der Waals surface area contributed by atoms with Gasteiger partial charge in [-0.3, -0.25) is 14.3 Å². The molecule has 4 rings (SSSR count). The molecule has 0 aliphatic carbocycles. The zero-order valence-corrected chi connectivity index (χ0v) is 22.1. The third-order valence-electron chi connectivity index (χ3n) is 6.24. The van der Waals surface area contributed by atoms with Crippen molar-refractivity contribution in [2.24, 2.45) is 14.1 Å². The summed E-state index contributed by atoms with van der Waals surface area (Å²) in [6.45, 7) is 7.79. The van der Waals surface area contributed by atoms with Crippen LogP contribution in [-0.4, -0.2) is 35.8 Å². The zero-order chi connectivity index (χ0) is 26.0. The van der Waals surface area contributed by atoms with E-state index in [2.05, 4.69) is 15.5 Å². The van der Waals surface area contributed by atoms with Gasteiger partial charge in [0.15, 0.2) is 17.1 Å². The molecule has 2 aromatic carbocycles. The van der Waals surface area contributed by atoms with Crippen molar-refractivity contribution in [2.45, 2.75) is 39.0 Å². The van der Waals surface area contributed by atoms with Gasteiger partial charge in [0.1, 0.15) is 11.4 Å². The van der Waals surface area contributed by atoms with Crippen LogP contribution in [0.1, 0.15) is 35.7 Å². The maximum Gasteiger partial charge on any atom is 0.295 e. The zero-order valence-electron chi connectivity index (χ0n) is 21.3. The van der Waals surface area contributed by atoms with E-state index >= 15 is 0 Å². The van der Waals surface area contributed by atoms with Crippen molar-refractivity contribution in [1.82, 2.24) is 24.1 Å². The van der Waals surface area contributed by atoms with Gasteiger partial charge in [0.25, 0.3) is 5.56 Å². The number of ether oxygens (including phenoxy) is 1. The Balaban J connectivity index is 1.43. The van der Waals surface area contributed by atoms with Gasteiger partial charge in [0, 0.05) is 14.1 Å². The van der Waals surface area contributed by atoms with Gasteiger partial charge in [0.2, 0.25) is 5.91 Å². The van der Waals surface area contributed by atoms with Crippen molar-refractivity contribution < 1.29 is 9.53 Å². The Labute approximate surface area is 214 Å². The molecule has 9 nitrogen and oxygen atoms in total. The average Bonchev–Trinajstić information content (AvgIpc) is 3.33. The first kappa shape index (κ1) is 25.3. The molecule has 0 aliphatic rings. The van der Waals surface area contributed by atoms with E-state index in [0.29, 0.717) is 16.7 Å². The van der Waals surface area contributed by atoms with Crippen molar-refractivity contribution in [1.29, 1.82) is 0 Å². The minimum absolute atomic E-state index is 0.0807. The molecule has 1 amide bonds. The summed E-state index contributed by atoms with van der Waals surface area (Å²) in [5.41, 5.74) is 3.62. The molecule has 0 bridgehead atoms. The molecule has 1 atom stereocenters. The van der Waals surface area contributed by atoms with Crippen LogP contribution in [0.5, 0.6) is 5.75 Å². The Hall–Kier alpha value is -3.79. The Kier molecular flexibility index (Phi) is 7.35. The minimum atomic E-state index is -0.324. The molecule has 10 heteroatoms. The molecule has 2 aromatic heterocycles. The van der Waals surface area contributed by atoms with Gasteiger partial charge in [-0.25, -0.2) is 4.68 Å². The predicted molar refractivity (Wildman–Crippen MR) is 141 cm³/mol.